The molecule has 2 aliphatic heterocycles. The fourth-order valence-electron chi connectivity index (χ4n) is 10.3. The van der Waals surface area contributed by atoms with E-state index in [1.54, 1.807) is 0 Å². The van der Waals surface area contributed by atoms with Gasteiger partial charge in [-0.3, -0.25) is 0 Å². The van der Waals surface area contributed by atoms with Crippen LogP contribution in [0.25, 0.3) is 72.7 Å². The molecule has 0 saturated heterocycles. The average Bonchev–Trinajstić information content (AvgIpc) is 3.58. The minimum atomic E-state index is -0.0450. The third-order valence-corrected chi connectivity index (χ3v) is 13.1. The maximum atomic E-state index is 7.07. The van der Waals surface area contributed by atoms with Crippen LogP contribution in [0.1, 0.15) is 84.5 Å². The van der Waals surface area contributed by atoms with Gasteiger partial charge in [-0.05, 0) is 109 Å². The zero-order valence-electron chi connectivity index (χ0n) is 34.8. The molecule has 4 aromatic carbocycles. The number of pyridine rings is 3. The SMILES string of the molecule is C=C1CC2c3ccccc3-c3ccc(C)c[n+]3C2CCc2ccc3c(oc4nc(-c5c(C)ccc(-c6ccccc6)c5C)ccc43)c2-c2cc(C)c(C(C)(C)C)c[n+]21. The second-order valence-electron chi connectivity index (χ2n) is 17.9. The van der Waals surface area contributed by atoms with Crippen molar-refractivity contribution in [1.29, 1.82) is 0 Å². The average molecular weight is 758 g/mol. The second kappa shape index (κ2) is 13.5. The highest BCUT2D eigenvalue weighted by Crippen LogP contribution is 2.46. The van der Waals surface area contributed by atoms with Crippen LogP contribution in [-0.2, 0) is 11.8 Å². The monoisotopic (exact) mass is 757 g/mol. The molecule has 0 spiro atoms. The fraction of sp³-hybridized carbons (Fsp3) is 0.241. The van der Waals surface area contributed by atoms with Gasteiger partial charge in [0.25, 0.3) is 0 Å². The van der Waals surface area contributed by atoms with E-state index in [1.165, 1.54) is 61.3 Å². The predicted molar refractivity (Wildman–Crippen MR) is 238 cm³/mol. The molecule has 4 nitrogen and oxygen atoms in total. The summed E-state index contributed by atoms with van der Waals surface area (Å²) < 4.78 is 12.0. The van der Waals surface area contributed by atoms with Crippen LogP contribution >= 0.6 is 0 Å². The van der Waals surface area contributed by atoms with Gasteiger partial charge in [0.1, 0.15) is 0 Å². The van der Waals surface area contributed by atoms with Gasteiger partial charge in [-0.15, -0.1) is 0 Å². The van der Waals surface area contributed by atoms with Crippen molar-refractivity contribution in [2.75, 3.05) is 0 Å². The van der Waals surface area contributed by atoms with Crippen molar-refractivity contribution < 1.29 is 13.6 Å². The van der Waals surface area contributed by atoms with Crippen molar-refractivity contribution in [3.63, 3.8) is 0 Å². The molecule has 8 aromatic rings. The lowest BCUT2D eigenvalue weighted by Crippen LogP contribution is -2.49. The van der Waals surface area contributed by atoms with Crippen LogP contribution in [0.15, 0.2) is 133 Å². The molecular weight excluding hydrogens is 707 g/mol. The number of furan rings is 1. The minimum absolute atomic E-state index is 0.0450. The van der Waals surface area contributed by atoms with E-state index in [2.05, 4.69) is 179 Å². The maximum Gasteiger partial charge on any atom is 0.227 e. The number of nitrogens with zero attached hydrogens (tertiary/aromatic N) is 3. The Kier molecular flexibility index (Phi) is 8.42. The summed E-state index contributed by atoms with van der Waals surface area (Å²) >= 11 is 0. The van der Waals surface area contributed by atoms with E-state index in [1.807, 2.05) is 0 Å². The van der Waals surface area contributed by atoms with Crippen LogP contribution in [0.3, 0.4) is 0 Å². The summed E-state index contributed by atoms with van der Waals surface area (Å²) in [4.78, 5) is 5.31. The Hall–Kier alpha value is -6.13. The quantitative estimate of drug-likeness (QED) is 0.165. The Morgan fingerprint density at radius 1 is 0.724 bits per heavy atom. The molecule has 0 fully saturated rings. The largest absolute Gasteiger partial charge is 0.437 e. The molecule has 0 amide bonds. The lowest BCUT2D eigenvalue weighted by Gasteiger charge is -2.31. The van der Waals surface area contributed by atoms with E-state index in [0.717, 1.165) is 63.8 Å². The third-order valence-electron chi connectivity index (χ3n) is 13.1. The molecule has 0 N–H and O–H groups in total. The zero-order chi connectivity index (χ0) is 40.0. The molecule has 0 radical (unpaired) electrons. The molecular formula is C54H51N3O+2. The second-order valence-corrected chi connectivity index (χ2v) is 17.9. The number of benzene rings is 4. The minimum Gasteiger partial charge on any atom is -0.437 e. The van der Waals surface area contributed by atoms with Gasteiger partial charge in [0.15, 0.2) is 29.7 Å². The van der Waals surface area contributed by atoms with Gasteiger partial charge in [-0.25, -0.2) is 4.98 Å². The first kappa shape index (κ1) is 36.2. The van der Waals surface area contributed by atoms with Crippen LogP contribution in [-0.4, -0.2) is 4.98 Å². The van der Waals surface area contributed by atoms with Crippen LogP contribution < -0.4 is 9.13 Å². The first-order chi connectivity index (χ1) is 28.0. The molecule has 6 heterocycles. The van der Waals surface area contributed by atoms with Gasteiger partial charge >= 0.3 is 0 Å². The number of hydrogen-bond donors (Lipinski definition) is 0. The van der Waals surface area contributed by atoms with Crippen LogP contribution in [0.5, 0.6) is 0 Å². The molecule has 58 heavy (non-hydrogen) atoms. The third kappa shape index (κ3) is 5.75. The van der Waals surface area contributed by atoms with Crippen molar-refractivity contribution in [2.24, 2.45) is 0 Å². The van der Waals surface area contributed by atoms with E-state index < -0.39 is 0 Å². The number of allylic oxidation sites excluding steroid dienone is 1. The molecule has 4 aromatic heterocycles. The molecule has 2 unspecified atom stereocenters. The summed E-state index contributed by atoms with van der Waals surface area (Å²) in [5, 5.41) is 2.12. The Morgan fingerprint density at radius 2 is 1.50 bits per heavy atom. The molecule has 10 rings (SSSR count). The van der Waals surface area contributed by atoms with Crippen molar-refractivity contribution >= 4 is 27.8 Å². The van der Waals surface area contributed by atoms with Gasteiger partial charge in [0, 0.05) is 58.0 Å². The molecule has 286 valence electrons. The predicted octanol–water partition coefficient (Wildman–Crippen LogP) is 12.9. The molecule has 2 atom stereocenters. The van der Waals surface area contributed by atoms with Crippen molar-refractivity contribution in [2.45, 2.75) is 85.1 Å². The van der Waals surface area contributed by atoms with E-state index in [-0.39, 0.29) is 17.4 Å². The highest BCUT2D eigenvalue weighted by Gasteiger charge is 2.43. The highest BCUT2D eigenvalue weighted by molar-refractivity contribution is 6.09. The van der Waals surface area contributed by atoms with Gasteiger partial charge < -0.3 is 4.42 Å². The Bertz CT molecular complexity index is 2980. The van der Waals surface area contributed by atoms with Crippen molar-refractivity contribution in [3.8, 4) is 44.9 Å². The standard InChI is InChI=1S/C54H51N3O/c1-32-18-26-47-41-17-13-12-16-40(41)44-29-35(4)56-31-45(54(6,7)8)34(3)28-49(56)51-38(21-27-48(44)57(47)30-32)20-23-42-43-24-25-46(55-53(43)58-52(42)51)50-33(2)19-22-39(36(50)5)37-14-10-9-11-15-37/h9-20,22-26,28,30-31,44,48H,4,21,27,29H2,1-3,5-8H3/q+2. The maximum absolute atomic E-state index is 7.07. The lowest BCUT2D eigenvalue weighted by atomic mass is 9.77. The van der Waals surface area contributed by atoms with Crippen molar-refractivity contribution in [1.82, 2.24) is 4.98 Å². The molecule has 2 aliphatic rings. The fourth-order valence-corrected chi connectivity index (χ4v) is 10.3. The smallest absolute Gasteiger partial charge is 0.227 e. The van der Waals surface area contributed by atoms with Gasteiger partial charge in [-0.1, -0.05) is 93.6 Å². The number of rotatable bonds is 2. The number of aromatic nitrogens is 3. The number of hydrogen-bond acceptors (Lipinski definition) is 2. The van der Waals surface area contributed by atoms with E-state index in [4.69, 9.17) is 16.0 Å². The molecule has 0 aliphatic carbocycles. The Labute approximate surface area is 342 Å². The summed E-state index contributed by atoms with van der Waals surface area (Å²) in [5.41, 5.74) is 21.0. The number of aryl methyl sites for hydroxylation is 4. The van der Waals surface area contributed by atoms with Crippen LogP contribution in [0, 0.1) is 27.7 Å². The van der Waals surface area contributed by atoms with Crippen LogP contribution in [0.4, 0.5) is 0 Å². The molecule has 4 heteroatoms. The number of fused-ring (bicyclic) bond motifs is 13. The highest BCUT2D eigenvalue weighted by atomic mass is 16.3. The summed E-state index contributed by atoms with van der Waals surface area (Å²) in [6, 6.07) is 40.3. The normalized spacial score (nSPS) is 16.4. The summed E-state index contributed by atoms with van der Waals surface area (Å²) in [7, 11) is 0. The van der Waals surface area contributed by atoms with E-state index >= 15 is 0 Å². The van der Waals surface area contributed by atoms with Crippen LogP contribution in [0.2, 0.25) is 0 Å². The first-order valence-electron chi connectivity index (χ1n) is 20.8. The van der Waals surface area contributed by atoms with E-state index in [0.29, 0.717) is 5.71 Å². The summed E-state index contributed by atoms with van der Waals surface area (Å²) in [5.74, 6) is 0.272. The Morgan fingerprint density at radius 3 is 2.31 bits per heavy atom. The first-order valence-corrected chi connectivity index (χ1v) is 20.8. The molecule has 0 bridgehead atoms. The lowest BCUT2D eigenvalue weighted by molar-refractivity contribution is -0.719. The van der Waals surface area contributed by atoms with Crippen molar-refractivity contribution in [3.05, 3.63) is 167 Å². The summed E-state index contributed by atoms with van der Waals surface area (Å²) in [6.07, 6.45) is 7.47. The topological polar surface area (TPSA) is 33.8 Å². The Balaban J connectivity index is 1.19. The van der Waals surface area contributed by atoms with Gasteiger partial charge in [0.2, 0.25) is 17.1 Å². The zero-order valence-corrected chi connectivity index (χ0v) is 34.8. The van der Waals surface area contributed by atoms with Gasteiger partial charge in [0.05, 0.1) is 17.2 Å². The van der Waals surface area contributed by atoms with Gasteiger partial charge in [-0.2, -0.15) is 9.13 Å². The van der Waals surface area contributed by atoms with E-state index in [9.17, 15) is 0 Å². The summed E-state index contributed by atoms with van der Waals surface area (Å²) in [6.45, 7) is 20.7. The molecule has 0 saturated carbocycles.